The van der Waals surface area contributed by atoms with Gasteiger partial charge in [0.2, 0.25) is 0 Å². The van der Waals surface area contributed by atoms with Crippen molar-refractivity contribution in [2.45, 2.75) is 38.7 Å². The summed E-state index contributed by atoms with van der Waals surface area (Å²) in [4.78, 5) is 25.1. The van der Waals surface area contributed by atoms with Crippen LogP contribution in [0, 0.1) is 5.82 Å². The summed E-state index contributed by atoms with van der Waals surface area (Å²) in [7, 11) is 0. The van der Waals surface area contributed by atoms with Crippen molar-refractivity contribution in [1.82, 2.24) is 4.90 Å². The van der Waals surface area contributed by atoms with Crippen LogP contribution in [-0.2, 0) is 32.0 Å². The van der Waals surface area contributed by atoms with Gasteiger partial charge in [0.15, 0.2) is 6.10 Å². The van der Waals surface area contributed by atoms with E-state index < -0.39 is 36.8 Å². The molecule has 0 heterocycles. The Balaban J connectivity index is 1.88. The number of carboxylic acid groups (broad SMARTS) is 1. The molecule has 0 aliphatic rings. The minimum absolute atomic E-state index is 0.0606. The SMILES string of the molecule is CCOC(Cc1ccc(OCCN(CCCOCC(F)(F)F)C(=O)OCc2ccc(F)cc2)cc1)C(=O)O. The van der Waals surface area contributed by atoms with Gasteiger partial charge in [-0.1, -0.05) is 24.3 Å². The molecule has 12 heteroatoms. The lowest BCUT2D eigenvalue weighted by molar-refractivity contribution is -0.174. The molecule has 0 aliphatic heterocycles. The Morgan fingerprint density at radius 3 is 2.24 bits per heavy atom. The maximum absolute atomic E-state index is 13.1. The van der Waals surface area contributed by atoms with Crippen molar-refractivity contribution in [3.05, 3.63) is 65.5 Å². The minimum Gasteiger partial charge on any atom is -0.492 e. The largest absolute Gasteiger partial charge is 0.492 e. The average Bonchev–Trinajstić information content (AvgIpc) is 2.87. The molecular formula is C26H31F4NO7. The molecule has 0 saturated heterocycles. The van der Waals surface area contributed by atoms with E-state index in [2.05, 4.69) is 4.74 Å². The number of carboxylic acids is 1. The molecule has 1 unspecified atom stereocenters. The summed E-state index contributed by atoms with van der Waals surface area (Å²) in [5, 5.41) is 9.21. The fourth-order valence-corrected chi connectivity index (χ4v) is 3.28. The van der Waals surface area contributed by atoms with Crippen LogP contribution in [0.3, 0.4) is 0 Å². The van der Waals surface area contributed by atoms with Crippen molar-refractivity contribution >= 4 is 12.1 Å². The van der Waals surface area contributed by atoms with E-state index in [4.69, 9.17) is 14.2 Å². The highest BCUT2D eigenvalue weighted by molar-refractivity contribution is 5.72. The number of hydrogen-bond donors (Lipinski definition) is 1. The number of aliphatic carboxylic acids is 1. The molecule has 1 N–H and O–H groups in total. The van der Waals surface area contributed by atoms with Gasteiger partial charge in [0, 0.05) is 26.2 Å². The predicted molar refractivity (Wildman–Crippen MR) is 128 cm³/mol. The van der Waals surface area contributed by atoms with Gasteiger partial charge in [-0.3, -0.25) is 0 Å². The lowest BCUT2D eigenvalue weighted by Crippen LogP contribution is -2.36. The van der Waals surface area contributed by atoms with Crippen molar-refractivity contribution < 1.29 is 51.2 Å². The molecule has 1 atom stereocenters. The number of hydrogen-bond acceptors (Lipinski definition) is 6. The van der Waals surface area contributed by atoms with Gasteiger partial charge in [-0.05, 0) is 48.7 Å². The van der Waals surface area contributed by atoms with E-state index >= 15 is 0 Å². The molecule has 2 aromatic carbocycles. The first kappa shape index (κ1) is 30.8. The Bertz CT molecular complexity index is 985. The summed E-state index contributed by atoms with van der Waals surface area (Å²) in [6.45, 7) is 0.499. The van der Waals surface area contributed by atoms with Crippen LogP contribution in [0.1, 0.15) is 24.5 Å². The van der Waals surface area contributed by atoms with Crippen LogP contribution in [0.4, 0.5) is 22.4 Å². The molecule has 0 aromatic heterocycles. The number of alkyl halides is 3. The molecule has 210 valence electrons. The molecular weight excluding hydrogens is 514 g/mol. The minimum atomic E-state index is -4.44. The quantitative estimate of drug-likeness (QED) is 0.238. The fraction of sp³-hybridized carbons (Fsp3) is 0.462. The Morgan fingerprint density at radius 1 is 0.974 bits per heavy atom. The molecule has 0 saturated carbocycles. The second-order valence-corrected chi connectivity index (χ2v) is 8.17. The molecule has 0 bridgehead atoms. The number of ether oxygens (including phenoxy) is 4. The third-order valence-electron chi connectivity index (χ3n) is 5.13. The maximum atomic E-state index is 13.1. The van der Waals surface area contributed by atoms with Gasteiger partial charge in [-0.25, -0.2) is 14.0 Å². The molecule has 2 aromatic rings. The number of halogens is 4. The number of nitrogens with zero attached hydrogens (tertiary/aromatic N) is 1. The predicted octanol–water partition coefficient (Wildman–Crippen LogP) is 4.84. The van der Waals surface area contributed by atoms with Crippen LogP contribution in [0.5, 0.6) is 5.75 Å². The second-order valence-electron chi connectivity index (χ2n) is 8.17. The summed E-state index contributed by atoms with van der Waals surface area (Å²) < 4.78 is 70.6. The Morgan fingerprint density at radius 2 is 1.63 bits per heavy atom. The zero-order valence-electron chi connectivity index (χ0n) is 20.9. The first-order valence-electron chi connectivity index (χ1n) is 11.9. The van der Waals surface area contributed by atoms with Gasteiger partial charge < -0.3 is 29.0 Å². The topological polar surface area (TPSA) is 94.5 Å². The van der Waals surface area contributed by atoms with Gasteiger partial charge in [0.05, 0.1) is 6.54 Å². The third-order valence-corrected chi connectivity index (χ3v) is 5.13. The van der Waals surface area contributed by atoms with Crippen molar-refractivity contribution in [2.24, 2.45) is 0 Å². The summed E-state index contributed by atoms with van der Waals surface area (Å²) in [5.74, 6) is -1.01. The molecule has 8 nitrogen and oxygen atoms in total. The second kappa shape index (κ2) is 15.8. The average molecular weight is 546 g/mol. The molecule has 0 aliphatic carbocycles. The molecule has 0 fully saturated rings. The van der Waals surface area contributed by atoms with Crippen LogP contribution in [0.2, 0.25) is 0 Å². The number of amides is 1. The van der Waals surface area contributed by atoms with Crippen molar-refractivity contribution in [3.63, 3.8) is 0 Å². The zero-order chi connectivity index (χ0) is 28.0. The van der Waals surface area contributed by atoms with Crippen molar-refractivity contribution in [1.29, 1.82) is 0 Å². The van der Waals surface area contributed by atoms with E-state index in [9.17, 15) is 32.3 Å². The van der Waals surface area contributed by atoms with Gasteiger partial charge in [0.25, 0.3) is 0 Å². The highest BCUT2D eigenvalue weighted by atomic mass is 19.4. The Kier molecular flexibility index (Phi) is 12.8. The van der Waals surface area contributed by atoms with E-state index in [1.54, 1.807) is 31.2 Å². The standard InChI is InChI=1S/C26H31F4NO7/c1-2-36-23(24(32)33)16-19-6-10-22(11-7-19)37-15-13-31(12-3-14-35-18-26(28,29)30)25(34)38-17-20-4-8-21(27)9-5-20/h4-11,23H,2-3,12-18H2,1H3,(H,32,33). The van der Waals surface area contributed by atoms with E-state index in [1.807, 2.05) is 0 Å². The van der Waals surface area contributed by atoms with Crippen LogP contribution in [-0.4, -0.2) is 73.9 Å². The Labute approximate surface area is 218 Å². The van der Waals surface area contributed by atoms with Crippen LogP contribution in [0.15, 0.2) is 48.5 Å². The smallest absolute Gasteiger partial charge is 0.411 e. The first-order valence-corrected chi connectivity index (χ1v) is 11.9. The highest BCUT2D eigenvalue weighted by Crippen LogP contribution is 2.16. The third kappa shape index (κ3) is 12.2. The van der Waals surface area contributed by atoms with Crippen molar-refractivity contribution in [3.8, 4) is 5.75 Å². The maximum Gasteiger partial charge on any atom is 0.411 e. The first-order chi connectivity index (χ1) is 18.1. The molecule has 0 spiro atoms. The fourth-order valence-electron chi connectivity index (χ4n) is 3.28. The lowest BCUT2D eigenvalue weighted by atomic mass is 10.1. The van der Waals surface area contributed by atoms with Gasteiger partial charge >= 0.3 is 18.2 Å². The van der Waals surface area contributed by atoms with E-state index in [0.29, 0.717) is 11.3 Å². The summed E-state index contributed by atoms with van der Waals surface area (Å²) in [6, 6.07) is 12.1. The zero-order valence-corrected chi connectivity index (χ0v) is 20.9. The summed E-state index contributed by atoms with van der Waals surface area (Å²) >= 11 is 0. The highest BCUT2D eigenvalue weighted by Gasteiger charge is 2.27. The monoisotopic (exact) mass is 545 g/mol. The Hall–Kier alpha value is -3.38. The molecule has 2 rings (SSSR count). The van der Waals surface area contributed by atoms with E-state index in [-0.39, 0.29) is 52.4 Å². The van der Waals surface area contributed by atoms with Crippen molar-refractivity contribution in [2.75, 3.05) is 39.5 Å². The molecule has 1 amide bonds. The summed E-state index contributed by atoms with van der Waals surface area (Å²) in [5.41, 5.74) is 1.31. The number of carbonyl (C=O) groups excluding carboxylic acids is 1. The van der Waals surface area contributed by atoms with Gasteiger partial charge in [0.1, 0.15) is 31.4 Å². The van der Waals surface area contributed by atoms with Gasteiger partial charge in [-0.2, -0.15) is 13.2 Å². The van der Waals surface area contributed by atoms with E-state index in [1.165, 1.54) is 29.2 Å². The van der Waals surface area contributed by atoms with Gasteiger partial charge in [-0.15, -0.1) is 0 Å². The molecule has 0 radical (unpaired) electrons. The molecule has 38 heavy (non-hydrogen) atoms. The van der Waals surface area contributed by atoms with Crippen LogP contribution < -0.4 is 4.74 Å². The lowest BCUT2D eigenvalue weighted by Gasteiger charge is -2.22. The van der Waals surface area contributed by atoms with Crippen LogP contribution >= 0.6 is 0 Å². The number of carbonyl (C=O) groups is 2. The number of benzene rings is 2. The summed E-state index contributed by atoms with van der Waals surface area (Å²) in [6.07, 6.45) is -5.77. The van der Waals surface area contributed by atoms with E-state index in [0.717, 1.165) is 5.56 Å². The van der Waals surface area contributed by atoms with Crippen LogP contribution in [0.25, 0.3) is 0 Å². The normalized spacial score (nSPS) is 12.1. The number of rotatable bonds is 16.